The molecule has 1 aliphatic rings. The third kappa shape index (κ3) is 1.85. The molecule has 3 aromatic rings. The maximum atomic E-state index is 12.4. The summed E-state index contributed by atoms with van der Waals surface area (Å²) in [6, 6.07) is 16.6. The zero-order valence-corrected chi connectivity index (χ0v) is 11.6. The summed E-state index contributed by atoms with van der Waals surface area (Å²) >= 11 is 0. The van der Waals surface area contributed by atoms with Crippen LogP contribution in [0.4, 0.5) is 0 Å². The average molecular weight is 288 g/mol. The predicted molar refractivity (Wildman–Crippen MR) is 84.5 cm³/mol. The molecule has 2 N–H and O–H groups in total. The van der Waals surface area contributed by atoms with Crippen LogP contribution in [0.1, 0.15) is 26.4 Å². The van der Waals surface area contributed by atoms with E-state index in [0.717, 1.165) is 16.5 Å². The molecule has 2 aromatic carbocycles. The summed E-state index contributed by atoms with van der Waals surface area (Å²) in [6.45, 7) is 0. The van der Waals surface area contributed by atoms with E-state index in [2.05, 4.69) is 10.3 Å². The fraction of sp³-hybridized carbons (Fsp3) is 0. The molecule has 0 radical (unpaired) electrons. The van der Waals surface area contributed by atoms with Gasteiger partial charge in [-0.1, -0.05) is 36.4 Å². The highest BCUT2D eigenvalue weighted by molar-refractivity contribution is 6.22. The molecule has 1 amide bonds. The Labute approximate surface area is 126 Å². The Morgan fingerprint density at radius 1 is 0.955 bits per heavy atom. The molecule has 4 rings (SSSR count). The molecule has 106 valence electrons. The monoisotopic (exact) mass is 288 g/mol. The van der Waals surface area contributed by atoms with Gasteiger partial charge in [0, 0.05) is 22.0 Å². The van der Waals surface area contributed by atoms with Crippen molar-refractivity contribution in [2.45, 2.75) is 0 Å². The van der Waals surface area contributed by atoms with Crippen LogP contribution in [0.25, 0.3) is 17.0 Å². The number of carbonyl (C=O) groups excluding carboxylic acids is 2. The molecule has 1 heterocycles. The molecule has 0 fully saturated rings. The quantitative estimate of drug-likeness (QED) is 0.761. The van der Waals surface area contributed by atoms with Crippen LogP contribution >= 0.6 is 0 Å². The van der Waals surface area contributed by atoms with Crippen molar-refractivity contribution in [3.63, 3.8) is 0 Å². The molecule has 22 heavy (non-hydrogen) atoms. The lowest BCUT2D eigenvalue weighted by molar-refractivity contribution is 0.0934. The Hall–Kier alpha value is -3.14. The number of amides is 1. The van der Waals surface area contributed by atoms with Gasteiger partial charge in [-0.05, 0) is 24.3 Å². The minimum atomic E-state index is -0.283. The van der Waals surface area contributed by atoms with Gasteiger partial charge < -0.3 is 10.3 Å². The van der Waals surface area contributed by atoms with Crippen LogP contribution in [0.15, 0.2) is 60.3 Å². The van der Waals surface area contributed by atoms with Gasteiger partial charge in [-0.3, -0.25) is 9.59 Å². The number of Topliss-reactive ketones (excluding diaryl/α,β-unsaturated/α-hetero) is 1. The number of aromatic amines is 1. The average Bonchev–Trinajstić information content (AvgIpc) is 3.06. The lowest BCUT2D eigenvalue weighted by Crippen LogP contribution is -2.25. The third-order valence-electron chi connectivity index (χ3n) is 3.79. The fourth-order valence-electron chi connectivity index (χ4n) is 2.71. The summed E-state index contributed by atoms with van der Waals surface area (Å²) in [5, 5.41) is 3.68. The summed E-state index contributed by atoms with van der Waals surface area (Å²) in [4.78, 5) is 27.7. The number of ketones is 1. The number of hydrogen-bond donors (Lipinski definition) is 2. The minimum absolute atomic E-state index is 0.185. The third-order valence-corrected chi connectivity index (χ3v) is 3.79. The number of hydrogen-bond acceptors (Lipinski definition) is 2. The van der Waals surface area contributed by atoms with E-state index in [4.69, 9.17) is 0 Å². The van der Waals surface area contributed by atoms with Gasteiger partial charge in [0.2, 0.25) is 5.78 Å². The molecule has 0 atom stereocenters. The molecule has 0 bridgehead atoms. The number of H-pyrrole nitrogens is 1. The number of fused-ring (bicyclic) bond motifs is 3. The molecule has 0 saturated carbocycles. The maximum Gasteiger partial charge on any atom is 0.255 e. The zero-order valence-electron chi connectivity index (χ0n) is 11.6. The van der Waals surface area contributed by atoms with Gasteiger partial charge in [0.15, 0.2) is 0 Å². The summed E-state index contributed by atoms with van der Waals surface area (Å²) < 4.78 is 0. The molecule has 0 spiro atoms. The van der Waals surface area contributed by atoms with Crippen LogP contribution in [0.3, 0.4) is 0 Å². The Bertz CT molecular complexity index is 936. The first-order chi connectivity index (χ1) is 10.7. The van der Waals surface area contributed by atoms with Crippen molar-refractivity contribution in [2.24, 2.45) is 0 Å². The topological polar surface area (TPSA) is 62.0 Å². The van der Waals surface area contributed by atoms with Crippen LogP contribution in [-0.4, -0.2) is 16.7 Å². The number of para-hydroxylation sites is 1. The van der Waals surface area contributed by atoms with E-state index in [9.17, 15) is 9.59 Å². The lowest BCUT2D eigenvalue weighted by atomic mass is 10.1. The molecular formula is C18H12N2O2. The van der Waals surface area contributed by atoms with Gasteiger partial charge in [0.25, 0.3) is 5.91 Å². The normalized spacial score (nSPS) is 13.1. The Kier molecular flexibility index (Phi) is 2.69. The highest BCUT2D eigenvalue weighted by atomic mass is 16.2. The largest absolute Gasteiger partial charge is 0.351 e. The smallest absolute Gasteiger partial charge is 0.255 e. The maximum absolute atomic E-state index is 12.4. The van der Waals surface area contributed by atoms with Crippen molar-refractivity contribution in [3.05, 3.63) is 77.1 Å². The van der Waals surface area contributed by atoms with Crippen molar-refractivity contribution in [3.8, 4) is 0 Å². The molecule has 0 aliphatic heterocycles. The Morgan fingerprint density at radius 3 is 2.50 bits per heavy atom. The SMILES string of the molecule is O=C(NC1=Cc2c([nH]c3ccccc23)C1=O)c1ccccc1. The van der Waals surface area contributed by atoms with Crippen LogP contribution in [0, 0.1) is 0 Å². The molecular weight excluding hydrogens is 276 g/mol. The standard InChI is InChI=1S/C18H12N2O2/c21-17-15(20-18(22)11-6-2-1-3-7-11)10-13-12-8-4-5-9-14(12)19-16(13)17/h1-10,19H,(H,20,21,22). The second-order valence-electron chi connectivity index (χ2n) is 5.17. The van der Waals surface area contributed by atoms with Gasteiger partial charge in [-0.25, -0.2) is 0 Å². The predicted octanol–water partition coefficient (Wildman–Crippen LogP) is 3.14. The van der Waals surface area contributed by atoms with Gasteiger partial charge in [-0.2, -0.15) is 0 Å². The van der Waals surface area contributed by atoms with Crippen LogP contribution in [-0.2, 0) is 0 Å². The summed E-state index contributed by atoms with van der Waals surface area (Å²) in [6.07, 6.45) is 1.73. The van der Waals surface area contributed by atoms with Gasteiger partial charge in [-0.15, -0.1) is 0 Å². The molecule has 4 nitrogen and oxygen atoms in total. The van der Waals surface area contributed by atoms with Gasteiger partial charge in [0.05, 0.1) is 11.4 Å². The van der Waals surface area contributed by atoms with Crippen molar-refractivity contribution >= 4 is 28.7 Å². The van der Waals surface area contributed by atoms with E-state index in [0.29, 0.717) is 17.0 Å². The number of benzene rings is 2. The van der Waals surface area contributed by atoms with E-state index in [-0.39, 0.29) is 11.7 Å². The fourth-order valence-corrected chi connectivity index (χ4v) is 2.71. The highest BCUT2D eigenvalue weighted by Crippen LogP contribution is 2.30. The van der Waals surface area contributed by atoms with Crippen LogP contribution in [0.2, 0.25) is 0 Å². The number of carbonyl (C=O) groups is 2. The van der Waals surface area contributed by atoms with Gasteiger partial charge >= 0.3 is 0 Å². The lowest BCUT2D eigenvalue weighted by Gasteiger charge is -2.04. The molecule has 1 aromatic heterocycles. The van der Waals surface area contributed by atoms with Crippen molar-refractivity contribution < 1.29 is 9.59 Å². The van der Waals surface area contributed by atoms with Crippen molar-refractivity contribution in [1.29, 1.82) is 0 Å². The second-order valence-corrected chi connectivity index (χ2v) is 5.17. The number of rotatable bonds is 2. The molecule has 0 saturated heterocycles. The first-order valence-electron chi connectivity index (χ1n) is 6.97. The van der Waals surface area contributed by atoms with Crippen LogP contribution < -0.4 is 5.32 Å². The second kappa shape index (κ2) is 4.70. The number of aromatic nitrogens is 1. The summed E-state index contributed by atoms with van der Waals surface area (Å²) in [5.74, 6) is -0.467. The van der Waals surface area contributed by atoms with Crippen LogP contribution in [0.5, 0.6) is 0 Å². The van der Waals surface area contributed by atoms with E-state index in [1.807, 2.05) is 30.3 Å². The zero-order chi connectivity index (χ0) is 15.1. The first-order valence-corrected chi connectivity index (χ1v) is 6.97. The molecule has 4 heteroatoms. The molecule has 1 aliphatic carbocycles. The summed E-state index contributed by atoms with van der Waals surface area (Å²) in [7, 11) is 0. The minimum Gasteiger partial charge on any atom is -0.351 e. The van der Waals surface area contributed by atoms with E-state index in [1.54, 1.807) is 30.3 Å². The van der Waals surface area contributed by atoms with Crippen molar-refractivity contribution in [1.82, 2.24) is 10.3 Å². The Morgan fingerprint density at radius 2 is 1.68 bits per heavy atom. The van der Waals surface area contributed by atoms with E-state index in [1.165, 1.54) is 0 Å². The molecule has 0 unspecified atom stereocenters. The number of nitrogens with one attached hydrogen (secondary N) is 2. The Balaban J connectivity index is 1.69. The summed E-state index contributed by atoms with van der Waals surface area (Å²) in [5.41, 5.74) is 3.12. The first kappa shape index (κ1) is 12.6. The van der Waals surface area contributed by atoms with E-state index >= 15 is 0 Å². The van der Waals surface area contributed by atoms with Gasteiger partial charge in [0.1, 0.15) is 0 Å². The highest BCUT2D eigenvalue weighted by Gasteiger charge is 2.27. The van der Waals surface area contributed by atoms with Crippen molar-refractivity contribution in [2.75, 3.05) is 0 Å². The van der Waals surface area contributed by atoms with E-state index < -0.39 is 0 Å². The number of allylic oxidation sites excluding steroid dienone is 1.